The first-order valence-electron chi connectivity index (χ1n) is 10.3. The van der Waals surface area contributed by atoms with Crippen molar-refractivity contribution in [1.82, 2.24) is 20.4 Å². The third kappa shape index (κ3) is 4.37. The number of likely N-dealkylation sites (tertiary alicyclic amines) is 1. The number of piperidine rings is 1. The Hall–Kier alpha value is -2.37. The number of benzene rings is 1. The fraction of sp³-hybridized carbons (Fsp3) is 0.435. The predicted octanol–water partition coefficient (Wildman–Crippen LogP) is 4.64. The van der Waals surface area contributed by atoms with E-state index in [2.05, 4.69) is 51.6 Å². The van der Waals surface area contributed by atoms with Crippen LogP contribution in [0.2, 0.25) is 0 Å². The van der Waals surface area contributed by atoms with E-state index in [0.717, 1.165) is 42.4 Å². The van der Waals surface area contributed by atoms with E-state index in [1.165, 1.54) is 36.9 Å². The molecule has 0 saturated carbocycles. The second-order valence-corrected chi connectivity index (χ2v) is 7.87. The zero-order valence-electron chi connectivity index (χ0n) is 16.9. The van der Waals surface area contributed by atoms with Gasteiger partial charge in [0, 0.05) is 31.2 Å². The zero-order valence-corrected chi connectivity index (χ0v) is 16.9. The van der Waals surface area contributed by atoms with E-state index in [1.807, 2.05) is 25.3 Å². The third-order valence-electron chi connectivity index (χ3n) is 5.77. The SMILES string of the molecule is Cc1ccc(-c2[nH]ncc2CNCc2ccccc2CN2CCCCC2C)o1. The highest BCUT2D eigenvalue weighted by Gasteiger charge is 2.19. The molecule has 28 heavy (non-hydrogen) atoms. The number of rotatable bonds is 7. The summed E-state index contributed by atoms with van der Waals surface area (Å²) in [5.41, 5.74) is 4.88. The van der Waals surface area contributed by atoms with Crippen LogP contribution in [-0.4, -0.2) is 27.7 Å². The third-order valence-corrected chi connectivity index (χ3v) is 5.77. The number of hydrogen-bond acceptors (Lipinski definition) is 4. The molecule has 5 nitrogen and oxygen atoms in total. The fourth-order valence-corrected chi connectivity index (χ4v) is 4.05. The lowest BCUT2D eigenvalue weighted by atomic mass is 10.0. The Balaban J connectivity index is 1.39. The molecule has 1 atom stereocenters. The van der Waals surface area contributed by atoms with Crippen molar-refractivity contribution < 1.29 is 4.42 Å². The molecule has 0 aliphatic carbocycles. The van der Waals surface area contributed by atoms with Gasteiger partial charge in [-0.05, 0) is 56.5 Å². The number of hydrogen-bond donors (Lipinski definition) is 2. The highest BCUT2D eigenvalue weighted by Crippen LogP contribution is 2.24. The molecular formula is C23H30N4O. The topological polar surface area (TPSA) is 57.1 Å². The van der Waals surface area contributed by atoms with Gasteiger partial charge in [0.2, 0.25) is 0 Å². The molecule has 1 aliphatic rings. The van der Waals surface area contributed by atoms with Gasteiger partial charge < -0.3 is 9.73 Å². The first-order valence-corrected chi connectivity index (χ1v) is 10.3. The molecule has 5 heteroatoms. The van der Waals surface area contributed by atoms with Crippen LogP contribution >= 0.6 is 0 Å². The van der Waals surface area contributed by atoms with Crippen LogP contribution in [0.1, 0.15) is 48.6 Å². The van der Waals surface area contributed by atoms with Crippen LogP contribution in [0.25, 0.3) is 11.5 Å². The molecule has 3 heterocycles. The average Bonchev–Trinajstić information content (AvgIpc) is 3.33. The Morgan fingerprint density at radius 3 is 2.71 bits per heavy atom. The van der Waals surface area contributed by atoms with Gasteiger partial charge in [-0.2, -0.15) is 5.10 Å². The zero-order chi connectivity index (χ0) is 19.3. The van der Waals surface area contributed by atoms with Crippen molar-refractivity contribution in [3.05, 3.63) is 65.0 Å². The number of aryl methyl sites for hydroxylation is 1. The van der Waals surface area contributed by atoms with E-state index in [-0.39, 0.29) is 0 Å². The van der Waals surface area contributed by atoms with Crippen molar-refractivity contribution in [3.8, 4) is 11.5 Å². The van der Waals surface area contributed by atoms with E-state index in [9.17, 15) is 0 Å². The maximum absolute atomic E-state index is 5.74. The molecular weight excluding hydrogens is 348 g/mol. The first kappa shape index (κ1) is 19.0. The Labute approximate surface area is 167 Å². The minimum Gasteiger partial charge on any atom is -0.460 e. The van der Waals surface area contributed by atoms with E-state index >= 15 is 0 Å². The molecule has 0 radical (unpaired) electrons. The average molecular weight is 379 g/mol. The van der Waals surface area contributed by atoms with Crippen LogP contribution < -0.4 is 5.32 Å². The molecule has 1 aliphatic heterocycles. The van der Waals surface area contributed by atoms with Crippen LogP contribution in [0.4, 0.5) is 0 Å². The minimum atomic E-state index is 0.681. The Bertz CT molecular complexity index is 897. The standard InChI is InChI=1S/C23H30N4O/c1-17-7-5-6-12-27(17)16-20-9-4-3-8-19(20)13-24-14-21-15-25-26-23(21)22-11-10-18(2)28-22/h3-4,8-11,15,17,24H,5-7,12-14,16H2,1-2H3,(H,25,26). The van der Waals surface area contributed by atoms with Crippen molar-refractivity contribution >= 4 is 0 Å². The Morgan fingerprint density at radius 1 is 1.11 bits per heavy atom. The largest absolute Gasteiger partial charge is 0.460 e. The number of H-pyrrole nitrogens is 1. The van der Waals surface area contributed by atoms with Gasteiger partial charge in [0.1, 0.15) is 11.5 Å². The molecule has 1 aromatic carbocycles. The molecule has 148 valence electrons. The molecule has 3 aromatic rings. The molecule has 1 fully saturated rings. The van der Waals surface area contributed by atoms with Crippen molar-refractivity contribution in [1.29, 1.82) is 0 Å². The quantitative estimate of drug-likeness (QED) is 0.629. The lowest BCUT2D eigenvalue weighted by molar-refractivity contribution is 0.152. The molecule has 2 aromatic heterocycles. The van der Waals surface area contributed by atoms with Crippen LogP contribution in [0.5, 0.6) is 0 Å². The molecule has 0 spiro atoms. The van der Waals surface area contributed by atoms with E-state index in [0.29, 0.717) is 6.04 Å². The fourth-order valence-electron chi connectivity index (χ4n) is 4.05. The molecule has 1 saturated heterocycles. The monoisotopic (exact) mass is 378 g/mol. The van der Waals surface area contributed by atoms with Gasteiger partial charge in [-0.25, -0.2) is 0 Å². The Kier molecular flexibility index (Phi) is 5.93. The summed E-state index contributed by atoms with van der Waals surface area (Å²) in [5, 5.41) is 10.9. The van der Waals surface area contributed by atoms with Crippen molar-refractivity contribution in [3.63, 3.8) is 0 Å². The van der Waals surface area contributed by atoms with Gasteiger partial charge in [-0.15, -0.1) is 0 Å². The highest BCUT2D eigenvalue weighted by molar-refractivity contribution is 5.56. The number of nitrogens with zero attached hydrogens (tertiary/aromatic N) is 2. The van der Waals surface area contributed by atoms with Crippen LogP contribution in [-0.2, 0) is 19.6 Å². The van der Waals surface area contributed by atoms with E-state index in [1.54, 1.807) is 0 Å². The van der Waals surface area contributed by atoms with E-state index in [4.69, 9.17) is 4.42 Å². The lowest BCUT2D eigenvalue weighted by Crippen LogP contribution is -2.37. The van der Waals surface area contributed by atoms with Gasteiger partial charge in [-0.1, -0.05) is 30.7 Å². The maximum Gasteiger partial charge on any atom is 0.152 e. The van der Waals surface area contributed by atoms with Crippen LogP contribution in [0.15, 0.2) is 47.0 Å². The number of aromatic amines is 1. The van der Waals surface area contributed by atoms with E-state index < -0.39 is 0 Å². The number of furan rings is 1. The van der Waals surface area contributed by atoms with Gasteiger partial charge in [-0.3, -0.25) is 10.00 Å². The molecule has 0 bridgehead atoms. The summed E-state index contributed by atoms with van der Waals surface area (Å²) in [6, 6.07) is 13.4. The smallest absolute Gasteiger partial charge is 0.152 e. The van der Waals surface area contributed by atoms with Crippen molar-refractivity contribution in [2.24, 2.45) is 0 Å². The van der Waals surface area contributed by atoms with Gasteiger partial charge >= 0.3 is 0 Å². The summed E-state index contributed by atoms with van der Waals surface area (Å²) in [6.07, 6.45) is 5.88. The summed E-state index contributed by atoms with van der Waals surface area (Å²) >= 11 is 0. The van der Waals surface area contributed by atoms with Gasteiger partial charge in [0.15, 0.2) is 5.76 Å². The predicted molar refractivity (Wildman–Crippen MR) is 112 cm³/mol. The second kappa shape index (κ2) is 8.76. The van der Waals surface area contributed by atoms with Crippen LogP contribution in [0, 0.1) is 6.92 Å². The summed E-state index contributed by atoms with van der Waals surface area (Å²) in [6.45, 7) is 8.17. The van der Waals surface area contributed by atoms with Gasteiger partial charge in [0.05, 0.1) is 6.20 Å². The lowest BCUT2D eigenvalue weighted by Gasteiger charge is -2.33. The summed E-state index contributed by atoms with van der Waals surface area (Å²) in [5.74, 6) is 1.75. The van der Waals surface area contributed by atoms with Gasteiger partial charge in [0.25, 0.3) is 0 Å². The first-order chi connectivity index (χ1) is 13.7. The highest BCUT2D eigenvalue weighted by atomic mass is 16.3. The maximum atomic E-state index is 5.74. The van der Waals surface area contributed by atoms with Crippen molar-refractivity contribution in [2.45, 2.75) is 58.8 Å². The molecule has 1 unspecified atom stereocenters. The summed E-state index contributed by atoms with van der Waals surface area (Å²) in [4.78, 5) is 2.62. The normalized spacial score (nSPS) is 17.9. The number of aromatic nitrogens is 2. The molecule has 0 amide bonds. The minimum absolute atomic E-state index is 0.681. The summed E-state index contributed by atoms with van der Waals surface area (Å²) in [7, 11) is 0. The second-order valence-electron chi connectivity index (χ2n) is 7.87. The van der Waals surface area contributed by atoms with Crippen molar-refractivity contribution in [2.75, 3.05) is 6.54 Å². The van der Waals surface area contributed by atoms with Crippen LogP contribution in [0.3, 0.4) is 0 Å². The number of nitrogens with one attached hydrogen (secondary N) is 2. The Morgan fingerprint density at radius 2 is 1.93 bits per heavy atom. The molecule has 4 rings (SSSR count). The summed E-state index contributed by atoms with van der Waals surface area (Å²) < 4.78 is 5.74. The molecule has 2 N–H and O–H groups in total.